The van der Waals surface area contributed by atoms with E-state index in [-0.39, 0.29) is 12.0 Å². The van der Waals surface area contributed by atoms with Crippen molar-refractivity contribution in [2.24, 2.45) is 0 Å². The molecule has 3 nitrogen and oxygen atoms in total. The summed E-state index contributed by atoms with van der Waals surface area (Å²) in [6.45, 7) is 3.48. The molecule has 0 bridgehead atoms. The minimum atomic E-state index is -3.42. The molecule has 0 spiro atoms. The molecule has 1 aromatic carbocycles. The first-order valence-electron chi connectivity index (χ1n) is 6.35. The van der Waals surface area contributed by atoms with Crippen molar-refractivity contribution in [3.05, 3.63) is 34.6 Å². The van der Waals surface area contributed by atoms with Gasteiger partial charge in [0.25, 0.3) is 0 Å². The number of sulfone groups is 1. The van der Waals surface area contributed by atoms with E-state index in [1.807, 2.05) is 0 Å². The number of benzene rings is 1. The van der Waals surface area contributed by atoms with Gasteiger partial charge in [-0.1, -0.05) is 6.07 Å². The zero-order valence-corrected chi connectivity index (χ0v) is 12.2. The SMILES string of the molecule is Cc1cc(C)c(C2(O)CCCC2S(C)(=O)=O)c(F)c1. The van der Waals surface area contributed by atoms with Crippen molar-refractivity contribution in [3.8, 4) is 0 Å². The molecule has 1 fully saturated rings. The van der Waals surface area contributed by atoms with Crippen molar-refractivity contribution in [2.45, 2.75) is 44.0 Å². The molecule has 0 amide bonds. The molecule has 19 heavy (non-hydrogen) atoms. The maximum atomic E-state index is 14.2. The van der Waals surface area contributed by atoms with Crippen LogP contribution in [0.3, 0.4) is 0 Å². The van der Waals surface area contributed by atoms with Gasteiger partial charge in [-0.3, -0.25) is 0 Å². The number of halogens is 1. The highest BCUT2D eigenvalue weighted by Gasteiger charge is 2.49. The van der Waals surface area contributed by atoms with Crippen LogP contribution in [0.4, 0.5) is 4.39 Å². The van der Waals surface area contributed by atoms with Crippen LogP contribution < -0.4 is 0 Å². The third-order valence-electron chi connectivity index (χ3n) is 3.94. The molecule has 5 heteroatoms. The predicted molar refractivity (Wildman–Crippen MR) is 72.3 cm³/mol. The predicted octanol–water partition coefficient (Wildman–Crippen LogP) is 2.23. The fourth-order valence-corrected chi connectivity index (χ4v) is 4.81. The summed E-state index contributed by atoms with van der Waals surface area (Å²) in [4.78, 5) is 0. The van der Waals surface area contributed by atoms with Gasteiger partial charge in [0.1, 0.15) is 11.4 Å². The first kappa shape index (κ1) is 14.5. The van der Waals surface area contributed by atoms with Gasteiger partial charge in [0.05, 0.1) is 5.25 Å². The summed E-state index contributed by atoms with van der Waals surface area (Å²) in [6, 6.07) is 3.12. The number of aliphatic hydroxyl groups is 1. The second kappa shape index (κ2) is 4.56. The van der Waals surface area contributed by atoms with Crippen molar-refractivity contribution >= 4 is 9.84 Å². The summed E-state index contributed by atoms with van der Waals surface area (Å²) in [6.07, 6.45) is 2.35. The highest BCUT2D eigenvalue weighted by atomic mass is 32.2. The largest absolute Gasteiger partial charge is 0.384 e. The Hall–Kier alpha value is -0.940. The molecule has 2 atom stereocenters. The number of rotatable bonds is 2. The zero-order chi connectivity index (χ0) is 14.4. The smallest absolute Gasteiger partial charge is 0.153 e. The van der Waals surface area contributed by atoms with Crippen molar-refractivity contribution < 1.29 is 17.9 Å². The molecule has 0 heterocycles. The van der Waals surface area contributed by atoms with Gasteiger partial charge in [0.15, 0.2) is 9.84 Å². The number of hydrogen-bond acceptors (Lipinski definition) is 3. The van der Waals surface area contributed by atoms with Crippen LogP contribution in [0, 0.1) is 19.7 Å². The highest BCUT2D eigenvalue weighted by molar-refractivity contribution is 7.91. The third-order valence-corrected chi connectivity index (χ3v) is 5.60. The molecular formula is C14H19FO3S. The van der Waals surface area contributed by atoms with E-state index in [1.165, 1.54) is 6.07 Å². The molecule has 0 saturated heterocycles. The molecule has 1 aromatic rings. The van der Waals surface area contributed by atoms with Crippen molar-refractivity contribution in [3.63, 3.8) is 0 Å². The fraction of sp³-hybridized carbons (Fsp3) is 0.571. The van der Waals surface area contributed by atoms with E-state index in [0.717, 1.165) is 11.8 Å². The van der Waals surface area contributed by atoms with Crippen LogP contribution >= 0.6 is 0 Å². The maximum absolute atomic E-state index is 14.2. The second-order valence-corrected chi connectivity index (χ2v) is 7.80. The van der Waals surface area contributed by atoms with Gasteiger partial charge < -0.3 is 5.11 Å². The van der Waals surface area contributed by atoms with Crippen LogP contribution in [-0.2, 0) is 15.4 Å². The van der Waals surface area contributed by atoms with E-state index in [2.05, 4.69) is 0 Å². The van der Waals surface area contributed by atoms with Gasteiger partial charge in [-0.15, -0.1) is 0 Å². The molecule has 0 aliphatic heterocycles. The lowest BCUT2D eigenvalue weighted by atomic mass is 9.87. The topological polar surface area (TPSA) is 54.4 Å². The Labute approximate surface area is 113 Å². The van der Waals surface area contributed by atoms with Crippen LogP contribution in [0.25, 0.3) is 0 Å². The number of hydrogen-bond donors (Lipinski definition) is 1. The Kier molecular flexibility index (Phi) is 3.47. The van der Waals surface area contributed by atoms with Crippen LogP contribution in [0.1, 0.15) is 36.0 Å². The van der Waals surface area contributed by atoms with Crippen molar-refractivity contribution in [2.75, 3.05) is 6.26 Å². The molecule has 2 unspecified atom stereocenters. The summed E-state index contributed by atoms with van der Waals surface area (Å²) in [7, 11) is -3.42. The van der Waals surface area contributed by atoms with Gasteiger partial charge in [0.2, 0.25) is 0 Å². The quantitative estimate of drug-likeness (QED) is 0.907. The molecule has 1 saturated carbocycles. The maximum Gasteiger partial charge on any atom is 0.153 e. The Balaban J connectivity index is 2.63. The molecular weight excluding hydrogens is 267 g/mol. The molecule has 2 rings (SSSR count). The minimum absolute atomic E-state index is 0.144. The van der Waals surface area contributed by atoms with Crippen LogP contribution in [0.2, 0.25) is 0 Å². The van der Waals surface area contributed by atoms with Gasteiger partial charge in [0, 0.05) is 11.8 Å². The monoisotopic (exact) mass is 286 g/mol. The van der Waals surface area contributed by atoms with Crippen LogP contribution in [0.15, 0.2) is 12.1 Å². The van der Waals surface area contributed by atoms with E-state index in [9.17, 15) is 17.9 Å². The fourth-order valence-electron chi connectivity index (χ4n) is 3.27. The Morgan fingerprint density at radius 1 is 1.37 bits per heavy atom. The van der Waals surface area contributed by atoms with Gasteiger partial charge in [-0.2, -0.15) is 0 Å². The van der Waals surface area contributed by atoms with E-state index in [0.29, 0.717) is 18.4 Å². The summed E-state index contributed by atoms with van der Waals surface area (Å²) >= 11 is 0. The lowest BCUT2D eigenvalue weighted by molar-refractivity contribution is 0.0433. The second-order valence-electron chi connectivity index (χ2n) is 5.57. The molecule has 0 aromatic heterocycles. The average Bonchev–Trinajstić information content (AvgIpc) is 2.58. The number of aryl methyl sites for hydroxylation is 2. The highest BCUT2D eigenvalue weighted by Crippen LogP contribution is 2.44. The average molecular weight is 286 g/mol. The molecule has 1 aliphatic carbocycles. The Morgan fingerprint density at radius 2 is 2.00 bits per heavy atom. The van der Waals surface area contributed by atoms with Gasteiger partial charge in [-0.05, 0) is 50.3 Å². The van der Waals surface area contributed by atoms with E-state index in [1.54, 1.807) is 19.9 Å². The standard InChI is InChI=1S/C14H19FO3S/c1-9-7-10(2)13(11(15)8-9)14(16)6-4-5-12(14)19(3,17)18/h7-8,12,16H,4-6H2,1-3H3. The first-order valence-corrected chi connectivity index (χ1v) is 8.30. The summed E-state index contributed by atoms with van der Waals surface area (Å²) in [5.41, 5.74) is -0.0899. The van der Waals surface area contributed by atoms with E-state index in [4.69, 9.17) is 0 Å². The van der Waals surface area contributed by atoms with Gasteiger partial charge in [-0.25, -0.2) is 12.8 Å². The zero-order valence-electron chi connectivity index (χ0n) is 11.4. The summed E-state index contributed by atoms with van der Waals surface area (Å²) in [5.74, 6) is -0.518. The minimum Gasteiger partial charge on any atom is -0.384 e. The van der Waals surface area contributed by atoms with Crippen molar-refractivity contribution in [1.82, 2.24) is 0 Å². The molecule has 106 valence electrons. The van der Waals surface area contributed by atoms with Crippen LogP contribution in [-0.4, -0.2) is 25.0 Å². The molecule has 1 N–H and O–H groups in total. The normalized spacial score (nSPS) is 27.7. The molecule has 0 radical (unpaired) electrons. The summed E-state index contributed by atoms with van der Waals surface area (Å²) in [5, 5.41) is 9.87. The Bertz CT molecular complexity index is 586. The van der Waals surface area contributed by atoms with Gasteiger partial charge >= 0.3 is 0 Å². The lowest BCUT2D eigenvalue weighted by Crippen LogP contribution is -2.41. The Morgan fingerprint density at radius 3 is 2.53 bits per heavy atom. The summed E-state index contributed by atoms with van der Waals surface area (Å²) < 4.78 is 37.9. The van der Waals surface area contributed by atoms with E-state index < -0.39 is 26.5 Å². The lowest BCUT2D eigenvalue weighted by Gasteiger charge is -2.31. The van der Waals surface area contributed by atoms with E-state index >= 15 is 0 Å². The van der Waals surface area contributed by atoms with Crippen molar-refractivity contribution in [1.29, 1.82) is 0 Å². The first-order chi connectivity index (χ1) is 8.66. The van der Waals surface area contributed by atoms with Crippen LogP contribution in [0.5, 0.6) is 0 Å². The third kappa shape index (κ3) is 2.41. The molecule has 1 aliphatic rings.